The Morgan fingerprint density at radius 2 is 1.10 bits per heavy atom. The average molecular weight is 1380 g/mol. The molecule has 5 aliphatic heterocycles. The first-order valence-corrected chi connectivity index (χ1v) is 29.0. The Morgan fingerprint density at radius 3 is 1.55 bits per heavy atom. The van der Waals surface area contributed by atoms with Crippen molar-refractivity contribution < 1.29 is 174 Å². The zero-order valence-electron chi connectivity index (χ0n) is 52.3. The fourth-order valence-electron chi connectivity index (χ4n) is 11.3. The molecule has 8 aromatic rings. The van der Waals surface area contributed by atoms with E-state index >= 15 is 4.39 Å². The van der Waals surface area contributed by atoms with Gasteiger partial charge >= 0.3 is 110 Å². The summed E-state index contributed by atoms with van der Waals surface area (Å²) in [6, 6.07) is 13.7. The first kappa shape index (κ1) is 74.1. The summed E-state index contributed by atoms with van der Waals surface area (Å²) in [4.78, 5) is 56.8. The van der Waals surface area contributed by atoms with Crippen molar-refractivity contribution in [2.75, 3.05) is 40.5 Å². The molecular formula is C60H68BBrF6K2N12O9. The Kier molecular flexibility index (Phi) is 25.3. The van der Waals surface area contributed by atoms with Crippen molar-refractivity contribution in [3.63, 3.8) is 0 Å². The maximum absolute atomic E-state index is 15.5. The molecule has 2 unspecified atom stereocenters. The molecule has 0 spiro atoms. The molecule has 3 fully saturated rings. The zero-order chi connectivity index (χ0) is 63.1. The molecule has 11 heterocycles. The van der Waals surface area contributed by atoms with Gasteiger partial charge in [0.2, 0.25) is 0 Å². The summed E-state index contributed by atoms with van der Waals surface area (Å²) < 4.78 is 116. The molecule has 2 atom stereocenters. The monoisotopic (exact) mass is 1380 g/mol. The molecule has 91 heavy (non-hydrogen) atoms. The van der Waals surface area contributed by atoms with Gasteiger partial charge in [0, 0.05) is 117 Å². The Hall–Kier alpha value is -4.29. The van der Waals surface area contributed by atoms with Crippen LogP contribution < -0.4 is 113 Å². The third kappa shape index (κ3) is 15.4. The van der Waals surface area contributed by atoms with Crippen LogP contribution in [0, 0.1) is 0 Å². The van der Waals surface area contributed by atoms with Crippen molar-refractivity contribution in [2.24, 2.45) is 14.1 Å². The van der Waals surface area contributed by atoms with Crippen LogP contribution in [0.2, 0.25) is 0 Å². The average Bonchev–Trinajstić information content (AvgIpc) is 1.53. The van der Waals surface area contributed by atoms with E-state index in [4.69, 9.17) is 33.8 Å². The Morgan fingerprint density at radius 1 is 0.670 bits per heavy atom. The van der Waals surface area contributed by atoms with Gasteiger partial charge in [-0.25, -0.2) is 46.3 Å². The maximum atomic E-state index is 15.5. The molecule has 3 saturated heterocycles. The summed E-state index contributed by atoms with van der Waals surface area (Å²) in [7, 11) is 5.95. The number of nitrogens with zero attached hydrogens (tertiary/aromatic N) is 12. The topological polar surface area (TPSA) is 224 Å². The van der Waals surface area contributed by atoms with Crippen LogP contribution in [-0.2, 0) is 65.2 Å². The fraction of sp³-hybridized carbons (Fsp3) is 0.450. The molecule has 21 nitrogen and oxygen atoms in total. The van der Waals surface area contributed by atoms with Gasteiger partial charge < -0.3 is 40.2 Å². The van der Waals surface area contributed by atoms with Crippen molar-refractivity contribution in [3.05, 3.63) is 112 Å². The number of likely N-dealkylation sites (N-methyl/N-ethyl adjacent to an activating group) is 2. The van der Waals surface area contributed by atoms with E-state index in [9.17, 15) is 31.5 Å². The molecule has 6 aromatic heterocycles. The minimum Gasteiger partial charge on any atom is -1.00 e. The number of alkyl halides is 6. The van der Waals surface area contributed by atoms with Gasteiger partial charge in [0.1, 0.15) is 16.3 Å². The molecule has 5 aliphatic rings. The van der Waals surface area contributed by atoms with E-state index < -0.39 is 55.6 Å². The molecule has 476 valence electrons. The summed E-state index contributed by atoms with van der Waals surface area (Å²) in [5.74, 6) is 0.106. The minimum absolute atomic E-state index is 0. The summed E-state index contributed by atoms with van der Waals surface area (Å²) >= 11 is 3.38. The summed E-state index contributed by atoms with van der Waals surface area (Å²) in [6.45, 7) is 10.6. The Bertz CT molecular complexity index is 3890. The number of rotatable bonds is 9. The second kappa shape index (κ2) is 31.1. The van der Waals surface area contributed by atoms with Crippen LogP contribution in [0.3, 0.4) is 0 Å². The number of amides is 2. The van der Waals surface area contributed by atoms with Gasteiger partial charge in [-0.3, -0.25) is 32.9 Å². The van der Waals surface area contributed by atoms with Crippen LogP contribution in [0.25, 0.3) is 55.6 Å². The number of ether oxygens (including phenoxy) is 2. The predicted molar refractivity (Wildman–Crippen MR) is 318 cm³/mol. The Labute approximate surface area is 616 Å². The number of halogens is 7. The van der Waals surface area contributed by atoms with Crippen molar-refractivity contribution in [3.8, 4) is 33.8 Å². The first-order valence-electron chi connectivity index (χ1n) is 28.2. The second-order valence-electron chi connectivity index (χ2n) is 22.9. The SMILES string of the molecule is C.CN1Cc2c(-c3cccc4nc(-c5cnn(C)c5)c(C(F)F)cc34)nc(C3CCOCC3)n2C(F)C1=O.CN1Cc2c(Br)nc(C3CCOCC3)n2C(F)C1=O.Cn1cc(-c2nc3cccc(B4OC(C)(C)C(C)(C)O4)c3cc2C(F)F)cn1.O=CO[O-].[H-].[K+].[K+]. The molecule has 0 N–H and O–H groups in total. The third-order valence-corrected chi connectivity index (χ3v) is 17.3. The van der Waals surface area contributed by atoms with Gasteiger partial charge in [0.15, 0.2) is 0 Å². The number of fused-ring (bicyclic) bond motifs is 4. The number of carbonyl (C=O) groups is 3. The van der Waals surface area contributed by atoms with Crippen molar-refractivity contribution in [1.29, 1.82) is 0 Å². The third-order valence-electron chi connectivity index (χ3n) is 16.6. The number of imidazole rings is 2. The molecule has 0 saturated carbocycles. The van der Waals surface area contributed by atoms with Gasteiger partial charge in [-0.1, -0.05) is 31.7 Å². The summed E-state index contributed by atoms with van der Waals surface area (Å²) in [6.07, 6.45) is 0.331. The first-order chi connectivity index (χ1) is 41.9. The molecule has 0 bridgehead atoms. The van der Waals surface area contributed by atoms with E-state index in [-0.39, 0.29) is 159 Å². The number of pyridine rings is 2. The Balaban J connectivity index is 0.000000218. The van der Waals surface area contributed by atoms with E-state index in [1.54, 1.807) is 69.5 Å². The van der Waals surface area contributed by atoms with Gasteiger partial charge in [-0.05, 0) is 99.0 Å². The molecule has 0 radical (unpaired) electrons. The number of hydrogen-bond acceptors (Lipinski definition) is 15. The number of carbonyl (C=O) groups excluding carboxylic acids is 3. The van der Waals surface area contributed by atoms with Gasteiger partial charge in [0.25, 0.3) is 43.7 Å². The van der Waals surface area contributed by atoms with E-state index in [2.05, 4.69) is 46.0 Å². The predicted octanol–water partition coefficient (Wildman–Crippen LogP) is 3.81. The standard InChI is InChI=1S/C26H25F3N6O2.C20H22BF2N3O2.C12H15BrFN3O2.CH2O3.CH4.2K.H/c1-33-13-20-22(32-25(14-6-8-37-9-7-14)35(20)24(29)26(33)36)16-4-3-5-19-17(16)10-18(23(27)28)21(31-19)15-11-30-34(2)12-15;1-19(2)20(3,4)28-21(27-19)15-7-6-8-16-13(15)9-14(18(22)23)17(25-16)12-10-24-26(5)11-12;1-16-6-8-9(13)15-11(7-2-4-19-5-3-7)17(8)10(14)12(16)18;2-1-4-3;;;;/h3-5,10-12,14,23-24H,6-9,13H2,1-2H3;6-11,18H,1-5H3;7,10H,2-6H2,1H3;1,3H;1H4;;;/q;;;;;2*+1;-1/p-1. The number of aryl methyl sites for hydroxylation is 2. The van der Waals surface area contributed by atoms with Crippen molar-refractivity contribution in [1.82, 2.24) is 58.4 Å². The number of benzene rings is 2. The normalized spacial score (nSPS) is 18.6. The molecule has 13 rings (SSSR count). The van der Waals surface area contributed by atoms with Crippen molar-refractivity contribution >= 4 is 68.6 Å². The van der Waals surface area contributed by atoms with E-state index in [0.717, 1.165) is 18.5 Å². The van der Waals surface area contributed by atoms with Crippen LogP contribution in [0.1, 0.15) is 134 Å². The minimum atomic E-state index is -2.77. The largest absolute Gasteiger partial charge is 1.00 e. The van der Waals surface area contributed by atoms with Gasteiger partial charge in [-0.15, -0.1) is 0 Å². The fourth-order valence-corrected chi connectivity index (χ4v) is 11.8. The molecule has 2 amide bonds. The second-order valence-corrected chi connectivity index (χ2v) is 23.6. The molecule has 2 aromatic carbocycles. The molecule has 0 aliphatic carbocycles. The van der Waals surface area contributed by atoms with Crippen LogP contribution in [0.15, 0.2) is 77.9 Å². The van der Waals surface area contributed by atoms with Crippen LogP contribution >= 0.6 is 15.9 Å². The van der Waals surface area contributed by atoms with E-state index in [1.165, 1.54) is 48.1 Å². The van der Waals surface area contributed by atoms with Crippen LogP contribution in [0.4, 0.5) is 26.3 Å². The molecular weight excluding hydrogens is 1320 g/mol. The maximum Gasteiger partial charge on any atom is 1.00 e. The van der Waals surface area contributed by atoms with Crippen LogP contribution in [0.5, 0.6) is 0 Å². The van der Waals surface area contributed by atoms with Gasteiger partial charge in [0.05, 0.1) is 76.2 Å². The quantitative estimate of drug-likeness (QED) is 0.0659. The summed E-state index contributed by atoms with van der Waals surface area (Å²) in [5, 5.41) is 17.7. The van der Waals surface area contributed by atoms with E-state index in [1.807, 2.05) is 39.8 Å². The van der Waals surface area contributed by atoms with Crippen LogP contribution in [-0.4, -0.2) is 136 Å². The number of hydrogen-bond donors (Lipinski definition) is 0. The van der Waals surface area contributed by atoms with E-state index in [0.29, 0.717) is 117 Å². The molecule has 31 heteroatoms. The zero-order valence-corrected chi connectivity index (χ0v) is 59.1. The van der Waals surface area contributed by atoms with Crippen molar-refractivity contribution in [2.45, 2.75) is 122 Å². The van der Waals surface area contributed by atoms with Gasteiger partial charge in [-0.2, -0.15) is 10.2 Å². The smallest absolute Gasteiger partial charge is 1.00 e. The number of aromatic nitrogens is 10. The summed E-state index contributed by atoms with van der Waals surface area (Å²) in [5.41, 5.74) is 4.19.